The Morgan fingerprint density at radius 2 is 1.72 bits per heavy atom. The normalized spacial score (nSPS) is 20.8. The molecule has 0 spiro atoms. The average Bonchev–Trinajstić information content (AvgIpc) is 2.49. The first kappa shape index (κ1) is 13.4. The summed E-state index contributed by atoms with van der Waals surface area (Å²) in [5.74, 6) is 0. The Morgan fingerprint density at radius 3 is 2.22 bits per heavy atom. The van der Waals surface area contributed by atoms with E-state index < -0.39 is 7.12 Å². The van der Waals surface area contributed by atoms with E-state index in [9.17, 15) is 0 Å². The van der Waals surface area contributed by atoms with Crippen LogP contribution in [0.25, 0.3) is 0 Å². The molecular formula is C13H15BClNO2. The van der Waals surface area contributed by atoms with Gasteiger partial charge in [-0.15, -0.1) is 0 Å². The molecule has 1 aromatic rings. The van der Waals surface area contributed by atoms with Gasteiger partial charge in [-0.1, -0.05) is 17.7 Å². The second-order valence-corrected chi connectivity index (χ2v) is 5.85. The van der Waals surface area contributed by atoms with Gasteiger partial charge in [0.15, 0.2) is 0 Å². The van der Waals surface area contributed by atoms with Crippen LogP contribution in [-0.2, 0) is 9.31 Å². The lowest BCUT2D eigenvalue weighted by molar-refractivity contribution is 0.00578. The van der Waals surface area contributed by atoms with Gasteiger partial charge in [0.05, 0.1) is 21.8 Å². The molecule has 0 radical (unpaired) electrons. The van der Waals surface area contributed by atoms with Crippen LogP contribution in [0.2, 0.25) is 5.02 Å². The van der Waals surface area contributed by atoms with Crippen molar-refractivity contribution in [2.45, 2.75) is 38.9 Å². The summed E-state index contributed by atoms with van der Waals surface area (Å²) in [5.41, 5.74) is 0.479. The highest BCUT2D eigenvalue weighted by Crippen LogP contribution is 2.36. The maximum Gasteiger partial charge on any atom is 0.494 e. The second kappa shape index (κ2) is 4.27. The molecule has 1 aliphatic rings. The zero-order valence-electron chi connectivity index (χ0n) is 11.0. The highest BCUT2D eigenvalue weighted by Gasteiger charge is 2.51. The molecule has 0 atom stereocenters. The van der Waals surface area contributed by atoms with E-state index in [4.69, 9.17) is 26.2 Å². The lowest BCUT2D eigenvalue weighted by atomic mass is 9.78. The first-order valence-corrected chi connectivity index (χ1v) is 6.20. The minimum atomic E-state index is -0.459. The highest BCUT2D eigenvalue weighted by atomic mass is 35.5. The molecule has 1 heterocycles. The lowest BCUT2D eigenvalue weighted by Crippen LogP contribution is -2.41. The minimum Gasteiger partial charge on any atom is -0.399 e. The van der Waals surface area contributed by atoms with Crippen LogP contribution in [-0.4, -0.2) is 18.3 Å². The predicted molar refractivity (Wildman–Crippen MR) is 71.9 cm³/mol. The summed E-state index contributed by atoms with van der Waals surface area (Å²) in [5, 5.41) is 9.42. The summed E-state index contributed by atoms with van der Waals surface area (Å²) in [6.07, 6.45) is 0. The number of nitrogens with zero attached hydrogens (tertiary/aromatic N) is 1. The molecule has 2 rings (SSSR count). The third-order valence-electron chi connectivity index (χ3n) is 3.64. The number of halogens is 1. The highest BCUT2D eigenvalue weighted by molar-refractivity contribution is 6.62. The fourth-order valence-electron chi connectivity index (χ4n) is 1.75. The van der Waals surface area contributed by atoms with Crippen LogP contribution in [0.5, 0.6) is 0 Å². The summed E-state index contributed by atoms with van der Waals surface area (Å²) in [6.45, 7) is 7.98. The topological polar surface area (TPSA) is 42.2 Å². The SMILES string of the molecule is CC1(C)OB(c2ccc(Cl)c(C#N)c2)OC1(C)C. The fraction of sp³-hybridized carbons (Fsp3) is 0.462. The Balaban J connectivity index is 2.33. The second-order valence-electron chi connectivity index (χ2n) is 5.44. The third kappa shape index (κ3) is 2.14. The van der Waals surface area contributed by atoms with Crippen LogP contribution in [0.1, 0.15) is 33.3 Å². The number of nitriles is 1. The molecule has 5 heteroatoms. The number of rotatable bonds is 1. The van der Waals surface area contributed by atoms with Crippen molar-refractivity contribution < 1.29 is 9.31 Å². The Bertz CT molecular complexity index is 506. The molecule has 0 aromatic heterocycles. The van der Waals surface area contributed by atoms with Crippen molar-refractivity contribution in [3.63, 3.8) is 0 Å². The van der Waals surface area contributed by atoms with Crippen molar-refractivity contribution in [1.29, 1.82) is 5.26 Å². The number of hydrogen-bond acceptors (Lipinski definition) is 3. The van der Waals surface area contributed by atoms with Crippen molar-refractivity contribution in [2.24, 2.45) is 0 Å². The van der Waals surface area contributed by atoms with E-state index in [1.807, 2.05) is 33.8 Å². The molecule has 0 N–H and O–H groups in total. The van der Waals surface area contributed by atoms with E-state index in [-0.39, 0.29) is 11.2 Å². The molecule has 94 valence electrons. The van der Waals surface area contributed by atoms with Gasteiger partial charge in [-0.05, 0) is 45.3 Å². The summed E-state index contributed by atoms with van der Waals surface area (Å²) in [6, 6.07) is 7.29. The monoisotopic (exact) mass is 263 g/mol. The number of benzene rings is 1. The first-order valence-electron chi connectivity index (χ1n) is 5.82. The summed E-state index contributed by atoms with van der Waals surface area (Å²) >= 11 is 5.91. The molecule has 0 aliphatic carbocycles. The third-order valence-corrected chi connectivity index (χ3v) is 3.97. The molecule has 0 amide bonds. The van der Waals surface area contributed by atoms with Gasteiger partial charge >= 0.3 is 7.12 Å². The first-order chi connectivity index (χ1) is 8.27. The van der Waals surface area contributed by atoms with Crippen LogP contribution in [0.4, 0.5) is 0 Å². The molecule has 0 saturated carbocycles. The van der Waals surface area contributed by atoms with Crippen molar-refractivity contribution in [3.05, 3.63) is 28.8 Å². The van der Waals surface area contributed by atoms with Gasteiger partial charge in [0, 0.05) is 0 Å². The van der Waals surface area contributed by atoms with E-state index in [1.165, 1.54) is 0 Å². The van der Waals surface area contributed by atoms with Gasteiger partial charge in [0.1, 0.15) is 6.07 Å². The molecule has 1 aliphatic heterocycles. The van der Waals surface area contributed by atoms with Gasteiger partial charge in [-0.25, -0.2) is 0 Å². The lowest BCUT2D eigenvalue weighted by Gasteiger charge is -2.32. The number of hydrogen-bond donors (Lipinski definition) is 0. The van der Waals surface area contributed by atoms with E-state index in [2.05, 4.69) is 6.07 Å². The standard InChI is InChI=1S/C13H15BClNO2/c1-12(2)13(3,4)18-14(17-12)10-5-6-11(15)9(7-10)8-16/h5-7H,1-4H3. The zero-order chi connectivity index (χ0) is 13.6. The van der Waals surface area contributed by atoms with Crippen LogP contribution < -0.4 is 5.46 Å². The van der Waals surface area contributed by atoms with Crippen molar-refractivity contribution >= 4 is 24.2 Å². The van der Waals surface area contributed by atoms with Gasteiger partial charge in [-0.3, -0.25) is 0 Å². The summed E-state index contributed by atoms with van der Waals surface area (Å²) in [7, 11) is -0.459. The molecule has 18 heavy (non-hydrogen) atoms. The molecular weight excluding hydrogens is 248 g/mol. The minimum absolute atomic E-state index is 0.385. The smallest absolute Gasteiger partial charge is 0.399 e. The molecule has 1 aromatic carbocycles. The molecule has 3 nitrogen and oxygen atoms in total. The van der Waals surface area contributed by atoms with Gasteiger partial charge < -0.3 is 9.31 Å². The van der Waals surface area contributed by atoms with Crippen LogP contribution >= 0.6 is 11.6 Å². The van der Waals surface area contributed by atoms with Crippen molar-refractivity contribution in [2.75, 3.05) is 0 Å². The van der Waals surface area contributed by atoms with Crippen LogP contribution in [0.15, 0.2) is 18.2 Å². The quantitative estimate of drug-likeness (QED) is 0.731. The summed E-state index contributed by atoms with van der Waals surface area (Å²) in [4.78, 5) is 0. The zero-order valence-corrected chi connectivity index (χ0v) is 11.7. The summed E-state index contributed by atoms with van der Waals surface area (Å²) < 4.78 is 11.8. The average molecular weight is 264 g/mol. The Labute approximate surface area is 113 Å². The van der Waals surface area contributed by atoms with Crippen molar-refractivity contribution in [1.82, 2.24) is 0 Å². The van der Waals surface area contributed by atoms with E-state index in [0.717, 1.165) is 5.46 Å². The predicted octanol–water partition coefficient (Wildman–Crippen LogP) is 2.51. The van der Waals surface area contributed by atoms with E-state index in [0.29, 0.717) is 10.6 Å². The van der Waals surface area contributed by atoms with Crippen molar-refractivity contribution in [3.8, 4) is 6.07 Å². The molecule has 1 fully saturated rings. The molecule has 1 saturated heterocycles. The van der Waals surface area contributed by atoms with Gasteiger partial charge in [0.25, 0.3) is 0 Å². The largest absolute Gasteiger partial charge is 0.494 e. The van der Waals surface area contributed by atoms with Gasteiger partial charge in [-0.2, -0.15) is 5.26 Å². The Kier molecular flexibility index (Phi) is 3.18. The molecule has 0 bridgehead atoms. The molecule has 0 unspecified atom stereocenters. The Hall–Kier alpha value is -1.02. The van der Waals surface area contributed by atoms with Crippen LogP contribution in [0.3, 0.4) is 0 Å². The fourth-order valence-corrected chi connectivity index (χ4v) is 1.91. The van der Waals surface area contributed by atoms with Gasteiger partial charge in [0.2, 0.25) is 0 Å². The Morgan fingerprint density at radius 1 is 1.17 bits per heavy atom. The van der Waals surface area contributed by atoms with E-state index >= 15 is 0 Å². The van der Waals surface area contributed by atoms with E-state index in [1.54, 1.807) is 12.1 Å². The maximum atomic E-state index is 8.97. The van der Waals surface area contributed by atoms with Crippen LogP contribution in [0, 0.1) is 11.3 Å². The maximum absolute atomic E-state index is 8.97.